The summed E-state index contributed by atoms with van der Waals surface area (Å²) in [6.07, 6.45) is -0.171. The first-order chi connectivity index (χ1) is 5.86. The summed E-state index contributed by atoms with van der Waals surface area (Å²) in [6.45, 7) is 3.31. The van der Waals surface area contributed by atoms with Gasteiger partial charge in [-0.2, -0.15) is 0 Å². The van der Waals surface area contributed by atoms with E-state index in [1.165, 1.54) is 4.90 Å². The Morgan fingerprint density at radius 1 is 1.54 bits per heavy atom. The van der Waals surface area contributed by atoms with Gasteiger partial charge in [0.05, 0.1) is 6.10 Å². The van der Waals surface area contributed by atoms with Crippen LogP contribution in [0.2, 0.25) is 0 Å². The molecule has 0 radical (unpaired) electrons. The van der Waals surface area contributed by atoms with Crippen LogP contribution in [0, 0.1) is 0 Å². The Hall–Kier alpha value is -1.03. The van der Waals surface area contributed by atoms with Gasteiger partial charge in [0.25, 0.3) is 5.91 Å². The van der Waals surface area contributed by atoms with E-state index in [4.69, 9.17) is 10.8 Å². The molecule has 76 valence electrons. The average Bonchev–Trinajstić information content (AvgIpc) is 2.00. The third-order valence-corrected chi connectivity index (χ3v) is 1.72. The van der Waals surface area contributed by atoms with Crippen LogP contribution in [-0.2, 0) is 4.79 Å². The average molecular weight is 186 g/mol. The van der Waals surface area contributed by atoms with E-state index in [0.717, 1.165) is 0 Å². The highest BCUT2D eigenvalue weighted by Gasteiger charge is 2.11. The molecule has 1 amide bonds. The van der Waals surface area contributed by atoms with Gasteiger partial charge in [-0.05, 0) is 13.8 Å². The van der Waals surface area contributed by atoms with E-state index in [0.29, 0.717) is 17.7 Å². The molecule has 1 unspecified atom stereocenters. The van der Waals surface area contributed by atoms with Crippen molar-refractivity contribution in [2.45, 2.75) is 26.4 Å². The molecule has 4 nitrogen and oxygen atoms in total. The predicted octanol–water partition coefficient (Wildman–Crippen LogP) is 0.0782. The highest BCUT2D eigenvalue weighted by molar-refractivity contribution is 5.93. The number of amides is 1. The molecule has 0 aromatic carbocycles. The molecule has 0 aliphatic rings. The minimum atomic E-state index is -0.509. The molecule has 1 atom stereocenters. The zero-order valence-electron chi connectivity index (χ0n) is 8.66. The maximum absolute atomic E-state index is 11.4. The van der Waals surface area contributed by atoms with Gasteiger partial charge in [0.1, 0.15) is 0 Å². The second kappa shape index (κ2) is 4.87. The van der Waals surface area contributed by atoms with E-state index in [2.05, 4.69) is 0 Å². The fraction of sp³-hybridized carbons (Fsp3) is 0.667. The van der Waals surface area contributed by atoms with Crippen molar-refractivity contribution in [3.63, 3.8) is 0 Å². The number of hydrogen-bond acceptors (Lipinski definition) is 3. The van der Waals surface area contributed by atoms with Gasteiger partial charge in [-0.1, -0.05) is 0 Å². The number of aliphatic hydroxyl groups excluding tert-OH is 1. The Labute approximate surface area is 79.0 Å². The van der Waals surface area contributed by atoms with Gasteiger partial charge in [-0.25, -0.2) is 0 Å². The summed E-state index contributed by atoms with van der Waals surface area (Å²) in [7, 11) is 3.34. The molecule has 3 N–H and O–H groups in total. The third kappa shape index (κ3) is 3.94. The van der Waals surface area contributed by atoms with E-state index in [1.807, 2.05) is 0 Å². The normalized spacial score (nSPS) is 14.8. The lowest BCUT2D eigenvalue weighted by Gasteiger charge is -2.13. The second-order valence-corrected chi connectivity index (χ2v) is 3.40. The number of hydrogen-bond donors (Lipinski definition) is 2. The van der Waals surface area contributed by atoms with Crippen molar-refractivity contribution in [1.29, 1.82) is 0 Å². The topological polar surface area (TPSA) is 66.6 Å². The molecule has 0 saturated heterocycles. The van der Waals surface area contributed by atoms with Crippen LogP contribution >= 0.6 is 0 Å². The number of nitrogens with two attached hydrogens (primary N) is 1. The number of rotatable bonds is 3. The first-order valence-electron chi connectivity index (χ1n) is 4.21. The molecule has 4 heteroatoms. The van der Waals surface area contributed by atoms with Crippen molar-refractivity contribution < 1.29 is 9.90 Å². The van der Waals surface area contributed by atoms with Gasteiger partial charge in [0.2, 0.25) is 0 Å². The maximum atomic E-state index is 11.4. The Bertz CT molecular complexity index is 220. The second-order valence-electron chi connectivity index (χ2n) is 3.40. The molecule has 0 rings (SSSR count). The molecule has 0 aliphatic carbocycles. The summed E-state index contributed by atoms with van der Waals surface area (Å²) in [4.78, 5) is 12.8. The summed E-state index contributed by atoms with van der Waals surface area (Å²) < 4.78 is 0. The van der Waals surface area contributed by atoms with Gasteiger partial charge in [0, 0.05) is 31.8 Å². The first kappa shape index (κ1) is 12.0. The Morgan fingerprint density at radius 3 is 2.31 bits per heavy atom. The summed E-state index contributed by atoms with van der Waals surface area (Å²) in [5, 5.41) is 9.05. The van der Waals surface area contributed by atoms with Crippen LogP contribution in [0.5, 0.6) is 0 Å². The van der Waals surface area contributed by atoms with Crippen molar-refractivity contribution >= 4 is 5.91 Å². The standard InChI is InChI=1S/C9H18N2O2/c1-6(12)5-8(10)7(2)9(13)11(3)4/h6,12H,5,10H2,1-4H3. The monoisotopic (exact) mass is 186 g/mol. The summed E-state index contributed by atoms with van der Waals surface area (Å²) in [6, 6.07) is 0. The molecule has 0 heterocycles. The smallest absolute Gasteiger partial charge is 0.250 e. The van der Waals surface area contributed by atoms with Gasteiger partial charge in [-0.3, -0.25) is 4.79 Å². The maximum Gasteiger partial charge on any atom is 0.250 e. The molecule has 0 fully saturated rings. The molecule has 0 aromatic rings. The number of nitrogens with zero attached hydrogens (tertiary/aromatic N) is 1. The van der Waals surface area contributed by atoms with E-state index >= 15 is 0 Å². The van der Waals surface area contributed by atoms with Crippen LogP contribution in [0.15, 0.2) is 11.3 Å². The van der Waals surface area contributed by atoms with Crippen LogP contribution in [0.3, 0.4) is 0 Å². The fourth-order valence-corrected chi connectivity index (χ4v) is 0.944. The molecular formula is C9H18N2O2. The van der Waals surface area contributed by atoms with E-state index in [1.54, 1.807) is 27.9 Å². The molecule has 0 aliphatic heterocycles. The van der Waals surface area contributed by atoms with Crippen LogP contribution in [0.25, 0.3) is 0 Å². The van der Waals surface area contributed by atoms with E-state index in [9.17, 15) is 4.79 Å². The zero-order valence-corrected chi connectivity index (χ0v) is 8.66. The van der Waals surface area contributed by atoms with Gasteiger partial charge in [0.15, 0.2) is 0 Å². The van der Waals surface area contributed by atoms with E-state index < -0.39 is 6.10 Å². The SMILES string of the molecule is CC(C(=O)N(C)C)=C(N)CC(C)O. The van der Waals surface area contributed by atoms with Crippen molar-refractivity contribution in [3.05, 3.63) is 11.3 Å². The van der Waals surface area contributed by atoms with Gasteiger partial charge >= 0.3 is 0 Å². The molecule has 0 bridgehead atoms. The highest BCUT2D eigenvalue weighted by Crippen LogP contribution is 2.07. The van der Waals surface area contributed by atoms with Crippen molar-refractivity contribution in [3.8, 4) is 0 Å². The summed E-state index contributed by atoms with van der Waals surface area (Å²) in [5.41, 5.74) is 6.59. The predicted molar refractivity (Wildman–Crippen MR) is 51.9 cm³/mol. The number of aliphatic hydroxyl groups is 1. The Balaban J connectivity index is 4.52. The van der Waals surface area contributed by atoms with Gasteiger partial charge < -0.3 is 15.7 Å². The zero-order chi connectivity index (χ0) is 10.6. The first-order valence-corrected chi connectivity index (χ1v) is 4.21. The van der Waals surface area contributed by atoms with Crippen molar-refractivity contribution in [2.75, 3.05) is 14.1 Å². The molecule has 0 aromatic heterocycles. The largest absolute Gasteiger partial charge is 0.402 e. The Kier molecular flexibility index (Phi) is 4.48. The lowest BCUT2D eigenvalue weighted by atomic mass is 10.1. The molecule has 13 heavy (non-hydrogen) atoms. The third-order valence-electron chi connectivity index (χ3n) is 1.72. The quantitative estimate of drug-likeness (QED) is 0.613. The highest BCUT2D eigenvalue weighted by atomic mass is 16.3. The summed E-state index contributed by atoms with van der Waals surface area (Å²) in [5.74, 6) is -0.113. The molecule has 0 saturated carbocycles. The molecular weight excluding hydrogens is 168 g/mol. The fourth-order valence-electron chi connectivity index (χ4n) is 0.944. The van der Waals surface area contributed by atoms with Crippen LogP contribution in [0.1, 0.15) is 20.3 Å². The lowest BCUT2D eigenvalue weighted by molar-refractivity contribution is -0.124. The Morgan fingerprint density at radius 2 is 2.00 bits per heavy atom. The minimum Gasteiger partial charge on any atom is -0.402 e. The number of likely N-dealkylation sites (N-methyl/N-ethyl adjacent to an activating group) is 1. The number of carbonyl (C=O) groups excluding carboxylic acids is 1. The lowest BCUT2D eigenvalue weighted by Crippen LogP contribution is -2.25. The molecule has 0 spiro atoms. The van der Waals surface area contributed by atoms with Crippen molar-refractivity contribution in [2.24, 2.45) is 5.73 Å². The minimum absolute atomic E-state index is 0.113. The van der Waals surface area contributed by atoms with E-state index in [-0.39, 0.29) is 5.91 Å². The van der Waals surface area contributed by atoms with Crippen LogP contribution < -0.4 is 5.73 Å². The van der Waals surface area contributed by atoms with Crippen molar-refractivity contribution in [1.82, 2.24) is 4.90 Å². The van der Waals surface area contributed by atoms with Crippen LogP contribution in [-0.4, -0.2) is 36.1 Å². The van der Waals surface area contributed by atoms with Gasteiger partial charge in [-0.15, -0.1) is 0 Å². The van der Waals surface area contributed by atoms with Crippen LogP contribution in [0.4, 0.5) is 0 Å². The summed E-state index contributed by atoms with van der Waals surface area (Å²) >= 11 is 0. The number of carbonyl (C=O) groups is 1.